The molecule has 1 atom stereocenters. The number of pyridine rings is 1. The highest BCUT2D eigenvalue weighted by Crippen LogP contribution is 2.28. The van der Waals surface area contributed by atoms with Gasteiger partial charge in [0.1, 0.15) is 11.6 Å². The van der Waals surface area contributed by atoms with Gasteiger partial charge in [-0.2, -0.15) is 11.8 Å². The van der Waals surface area contributed by atoms with E-state index in [-0.39, 0.29) is 19.0 Å². The Hall–Kier alpha value is -4.49. The first-order valence-corrected chi connectivity index (χ1v) is 14.0. The quantitative estimate of drug-likeness (QED) is 0.324. The summed E-state index contributed by atoms with van der Waals surface area (Å²) in [5.41, 5.74) is 7.63. The fourth-order valence-corrected chi connectivity index (χ4v) is 5.67. The first kappa shape index (κ1) is 27.1. The van der Waals surface area contributed by atoms with Gasteiger partial charge in [0.05, 0.1) is 19.3 Å². The van der Waals surface area contributed by atoms with E-state index >= 15 is 0 Å². The molecule has 2 aliphatic rings. The van der Waals surface area contributed by atoms with Crippen LogP contribution in [0, 0.1) is 11.8 Å². The van der Waals surface area contributed by atoms with Crippen LogP contribution in [-0.2, 0) is 16.1 Å². The highest BCUT2D eigenvalue weighted by atomic mass is 32.2. The number of nitrogens with zero attached hydrogens (tertiary/aromatic N) is 3. The molecular weight excluding hydrogens is 526 g/mol. The van der Waals surface area contributed by atoms with Crippen molar-refractivity contribution in [2.75, 3.05) is 43.1 Å². The van der Waals surface area contributed by atoms with Gasteiger partial charge in [0, 0.05) is 47.8 Å². The number of primary amides is 1. The Labute approximate surface area is 237 Å². The van der Waals surface area contributed by atoms with Crippen LogP contribution in [0.1, 0.15) is 21.5 Å². The summed E-state index contributed by atoms with van der Waals surface area (Å²) in [6.07, 6.45) is 0.374. The van der Waals surface area contributed by atoms with Crippen molar-refractivity contribution in [3.63, 3.8) is 0 Å². The van der Waals surface area contributed by atoms with Crippen LogP contribution < -0.4 is 20.7 Å². The van der Waals surface area contributed by atoms with Crippen molar-refractivity contribution in [1.29, 1.82) is 0 Å². The summed E-state index contributed by atoms with van der Waals surface area (Å²) in [6.45, 7) is 2.02. The summed E-state index contributed by atoms with van der Waals surface area (Å²) in [7, 11) is 1.52. The van der Waals surface area contributed by atoms with Gasteiger partial charge < -0.3 is 25.6 Å². The maximum atomic E-state index is 13.1. The summed E-state index contributed by atoms with van der Waals surface area (Å²) in [4.78, 5) is 45.8. The van der Waals surface area contributed by atoms with Gasteiger partial charge in [0.15, 0.2) is 5.54 Å². The molecule has 9 nitrogen and oxygen atoms in total. The number of rotatable bonds is 8. The van der Waals surface area contributed by atoms with Crippen molar-refractivity contribution in [2.45, 2.75) is 12.1 Å². The molecule has 3 aromatic rings. The molecule has 204 valence electrons. The molecule has 1 fully saturated rings. The zero-order valence-electron chi connectivity index (χ0n) is 22.1. The molecule has 0 bridgehead atoms. The molecule has 0 spiro atoms. The molecule has 40 heavy (non-hydrogen) atoms. The van der Waals surface area contributed by atoms with Crippen LogP contribution in [0.25, 0.3) is 11.3 Å². The number of hydrogen-bond donors (Lipinski definition) is 2. The molecule has 0 aliphatic carbocycles. The number of nitrogens with two attached hydrogens (primary N) is 1. The van der Waals surface area contributed by atoms with Gasteiger partial charge in [-0.3, -0.25) is 14.4 Å². The number of methoxy groups -OCH3 is 1. The summed E-state index contributed by atoms with van der Waals surface area (Å²) < 4.78 is 5.23. The van der Waals surface area contributed by atoms with Crippen molar-refractivity contribution in [3.8, 4) is 28.8 Å². The van der Waals surface area contributed by atoms with Crippen LogP contribution in [0.4, 0.5) is 5.82 Å². The molecule has 3 N–H and O–H groups in total. The molecule has 5 rings (SSSR count). The molecule has 1 aromatic heterocycles. The van der Waals surface area contributed by atoms with E-state index in [0.717, 1.165) is 47.2 Å². The van der Waals surface area contributed by atoms with E-state index in [4.69, 9.17) is 15.5 Å². The lowest BCUT2D eigenvalue weighted by molar-refractivity contribution is -0.125. The molecule has 1 unspecified atom stereocenters. The summed E-state index contributed by atoms with van der Waals surface area (Å²) in [5, 5.41) is 2.47. The monoisotopic (exact) mass is 555 g/mol. The molecule has 3 heterocycles. The van der Waals surface area contributed by atoms with Crippen LogP contribution in [0.5, 0.6) is 5.75 Å². The summed E-state index contributed by atoms with van der Waals surface area (Å²) in [6, 6.07) is 18.7. The van der Waals surface area contributed by atoms with E-state index in [9.17, 15) is 14.4 Å². The van der Waals surface area contributed by atoms with Crippen molar-refractivity contribution < 1.29 is 19.1 Å². The number of hydrogen-bond acceptors (Lipinski definition) is 7. The maximum absolute atomic E-state index is 13.1. The molecule has 3 amide bonds. The first-order valence-electron chi connectivity index (χ1n) is 12.8. The lowest BCUT2D eigenvalue weighted by atomic mass is 9.97. The number of anilines is 1. The highest BCUT2D eigenvalue weighted by Gasteiger charge is 2.40. The normalized spacial score (nSPS) is 15.9. The van der Waals surface area contributed by atoms with Crippen molar-refractivity contribution in [3.05, 3.63) is 77.4 Å². The number of carbonyl (C=O) groups excluding carboxylic acids is 3. The van der Waals surface area contributed by atoms with E-state index in [1.54, 1.807) is 18.2 Å². The SMILES string of the molecule is COc1ccc2c(c1)C(=O)N(CC(C#Cc1ccc(-c3cccc(N4CCSCC4)n3)cc1)(NC=O)C(N)=O)C2. The van der Waals surface area contributed by atoms with Crippen molar-refractivity contribution >= 4 is 35.8 Å². The van der Waals surface area contributed by atoms with Crippen LogP contribution in [-0.4, -0.2) is 71.9 Å². The average molecular weight is 556 g/mol. The van der Waals surface area contributed by atoms with Gasteiger partial charge in [-0.25, -0.2) is 4.98 Å². The minimum absolute atomic E-state index is 0.201. The maximum Gasteiger partial charge on any atom is 0.257 e. The Bertz CT molecular complexity index is 1490. The zero-order valence-corrected chi connectivity index (χ0v) is 22.9. The second-order valence-electron chi connectivity index (χ2n) is 9.52. The zero-order chi connectivity index (χ0) is 28.1. The molecule has 10 heteroatoms. The number of amides is 3. The van der Waals surface area contributed by atoms with Gasteiger partial charge in [-0.05, 0) is 42.0 Å². The second-order valence-corrected chi connectivity index (χ2v) is 10.7. The van der Waals surface area contributed by atoms with Crippen LogP contribution in [0.2, 0.25) is 0 Å². The Morgan fingerprint density at radius 2 is 1.95 bits per heavy atom. The molecule has 2 aliphatic heterocycles. The largest absolute Gasteiger partial charge is 0.497 e. The summed E-state index contributed by atoms with van der Waals surface area (Å²) >= 11 is 1.95. The Balaban J connectivity index is 1.36. The van der Waals surface area contributed by atoms with E-state index in [2.05, 4.69) is 22.1 Å². The van der Waals surface area contributed by atoms with Crippen molar-refractivity contribution in [1.82, 2.24) is 15.2 Å². The smallest absolute Gasteiger partial charge is 0.257 e. The fraction of sp³-hybridized carbons (Fsp3) is 0.267. The summed E-state index contributed by atoms with van der Waals surface area (Å²) in [5.74, 6) is 8.36. The minimum atomic E-state index is -1.77. The lowest BCUT2D eigenvalue weighted by Crippen LogP contribution is -2.60. The average Bonchev–Trinajstić information content (AvgIpc) is 3.30. The van der Waals surface area contributed by atoms with Gasteiger partial charge in [-0.1, -0.05) is 36.1 Å². The van der Waals surface area contributed by atoms with E-state index in [1.807, 2.05) is 54.2 Å². The third kappa shape index (κ3) is 5.60. The van der Waals surface area contributed by atoms with E-state index < -0.39 is 11.4 Å². The third-order valence-corrected chi connectivity index (χ3v) is 7.96. The van der Waals surface area contributed by atoms with Gasteiger partial charge in [0.2, 0.25) is 6.41 Å². The predicted molar refractivity (Wildman–Crippen MR) is 155 cm³/mol. The van der Waals surface area contributed by atoms with Crippen LogP contribution in [0.15, 0.2) is 60.7 Å². The number of ether oxygens (including phenoxy) is 1. The topological polar surface area (TPSA) is 118 Å². The molecule has 0 saturated carbocycles. The standard InChI is InChI=1S/C30H29N5O4S/c1-39-24-10-9-23-18-35(28(37)25(23)17-24)19-30(29(31)38,32-20-36)12-11-21-5-7-22(8-6-21)26-3-2-4-27(33-26)34-13-15-40-16-14-34/h2-10,17,20H,13-16,18-19H2,1H3,(H2,31,38)(H,32,36). The van der Waals surface area contributed by atoms with Crippen molar-refractivity contribution in [2.24, 2.45) is 5.73 Å². The van der Waals surface area contributed by atoms with Gasteiger partial charge >= 0.3 is 0 Å². The van der Waals surface area contributed by atoms with Gasteiger partial charge in [-0.15, -0.1) is 0 Å². The predicted octanol–water partition coefficient (Wildman–Crippen LogP) is 2.29. The number of nitrogens with one attached hydrogen (secondary N) is 1. The number of fused-ring (bicyclic) bond motifs is 1. The Kier molecular flexibility index (Phi) is 7.94. The molecule has 1 saturated heterocycles. The Morgan fingerprint density at radius 3 is 2.65 bits per heavy atom. The number of benzene rings is 2. The number of carbonyl (C=O) groups is 3. The number of thioether (sulfide) groups is 1. The second kappa shape index (κ2) is 11.7. The van der Waals surface area contributed by atoms with Gasteiger partial charge in [0.25, 0.3) is 11.8 Å². The third-order valence-electron chi connectivity index (χ3n) is 7.02. The fourth-order valence-electron chi connectivity index (χ4n) is 4.77. The molecular formula is C30H29N5O4S. The molecule has 2 aromatic carbocycles. The first-order chi connectivity index (χ1) is 19.4. The van der Waals surface area contributed by atoms with E-state index in [0.29, 0.717) is 23.3 Å². The Morgan fingerprint density at radius 1 is 1.18 bits per heavy atom. The lowest BCUT2D eigenvalue weighted by Gasteiger charge is -2.29. The van der Waals surface area contributed by atoms with Crippen LogP contribution >= 0.6 is 11.8 Å². The number of aromatic nitrogens is 1. The van der Waals surface area contributed by atoms with E-state index in [1.165, 1.54) is 12.0 Å². The molecule has 0 radical (unpaired) electrons. The van der Waals surface area contributed by atoms with Crippen LogP contribution in [0.3, 0.4) is 0 Å². The highest BCUT2D eigenvalue weighted by molar-refractivity contribution is 7.99. The minimum Gasteiger partial charge on any atom is -0.497 e.